The number of hydrogen-bond acceptors (Lipinski definition) is 2. The summed E-state index contributed by atoms with van der Waals surface area (Å²) in [4.78, 5) is 18.0. The van der Waals surface area contributed by atoms with Gasteiger partial charge in [0.1, 0.15) is 0 Å². The Hall–Kier alpha value is -1.61. The quantitative estimate of drug-likeness (QED) is 0.313. The summed E-state index contributed by atoms with van der Waals surface area (Å²) in [6, 6.07) is 16.8. The van der Waals surface area contributed by atoms with Crippen LogP contribution in [0.5, 0.6) is 0 Å². The molecule has 156 valence electrons. The van der Waals surface area contributed by atoms with Crippen LogP contribution >= 0.6 is 39.9 Å². The molecule has 1 saturated carbocycles. The van der Waals surface area contributed by atoms with Crippen molar-refractivity contribution in [2.45, 2.75) is 24.8 Å². The lowest BCUT2D eigenvalue weighted by Gasteiger charge is -2.13. The number of hydrogen-bond donors (Lipinski definition) is 2. The minimum absolute atomic E-state index is 0. The van der Waals surface area contributed by atoms with Gasteiger partial charge in [0.15, 0.2) is 5.96 Å². The molecule has 3 rings (SSSR count). The lowest BCUT2D eigenvalue weighted by Crippen LogP contribution is -2.39. The van der Waals surface area contributed by atoms with Gasteiger partial charge in [0.2, 0.25) is 0 Å². The Bertz CT molecular complexity index is 854. The van der Waals surface area contributed by atoms with Gasteiger partial charge in [-0.05, 0) is 48.2 Å². The van der Waals surface area contributed by atoms with E-state index in [1.54, 1.807) is 26.0 Å². The van der Waals surface area contributed by atoms with E-state index in [1.807, 2.05) is 18.2 Å². The molecule has 29 heavy (non-hydrogen) atoms. The van der Waals surface area contributed by atoms with E-state index >= 15 is 0 Å². The summed E-state index contributed by atoms with van der Waals surface area (Å²) >= 11 is 3.48. The zero-order valence-corrected chi connectivity index (χ0v) is 20.9. The molecular formula is C22H28BrIN4O. The molecule has 0 bridgehead atoms. The normalized spacial score (nSPS) is 17.9. The molecule has 0 aliphatic heterocycles. The molecular weight excluding hydrogens is 543 g/mol. The number of carbonyl (C=O) groups excluding carboxylic acids is 1. The SMILES string of the molecule is CN=C(NCCc1cccc(C(=O)N(C)C)c1)NC1CC1c1ccc(Br)cc1.I. The maximum Gasteiger partial charge on any atom is 0.253 e. The second-order valence-corrected chi connectivity index (χ2v) is 8.21. The van der Waals surface area contributed by atoms with Gasteiger partial charge >= 0.3 is 0 Å². The van der Waals surface area contributed by atoms with Gasteiger partial charge in [0.25, 0.3) is 5.91 Å². The number of aliphatic imine (C=N–C) groups is 1. The van der Waals surface area contributed by atoms with Crippen molar-refractivity contribution in [1.29, 1.82) is 0 Å². The van der Waals surface area contributed by atoms with Crippen molar-refractivity contribution in [3.63, 3.8) is 0 Å². The Morgan fingerprint density at radius 3 is 2.59 bits per heavy atom. The molecule has 0 radical (unpaired) electrons. The van der Waals surface area contributed by atoms with Crippen molar-refractivity contribution >= 4 is 51.8 Å². The molecule has 2 aromatic rings. The molecule has 1 fully saturated rings. The van der Waals surface area contributed by atoms with Gasteiger partial charge in [-0.2, -0.15) is 0 Å². The number of guanidine groups is 1. The molecule has 1 aliphatic carbocycles. The van der Waals surface area contributed by atoms with E-state index in [0.29, 0.717) is 12.0 Å². The lowest BCUT2D eigenvalue weighted by atomic mass is 10.1. The topological polar surface area (TPSA) is 56.7 Å². The third-order valence-electron chi connectivity index (χ3n) is 4.92. The summed E-state index contributed by atoms with van der Waals surface area (Å²) < 4.78 is 1.11. The summed E-state index contributed by atoms with van der Waals surface area (Å²) in [5.41, 5.74) is 3.22. The highest BCUT2D eigenvalue weighted by Gasteiger charge is 2.38. The Morgan fingerprint density at radius 1 is 1.21 bits per heavy atom. The van der Waals surface area contributed by atoms with Gasteiger partial charge in [-0.15, -0.1) is 24.0 Å². The molecule has 0 spiro atoms. The highest BCUT2D eigenvalue weighted by molar-refractivity contribution is 14.0. The van der Waals surface area contributed by atoms with Crippen LogP contribution in [0.2, 0.25) is 0 Å². The van der Waals surface area contributed by atoms with Gasteiger partial charge in [-0.3, -0.25) is 9.79 Å². The highest BCUT2D eigenvalue weighted by Crippen LogP contribution is 2.40. The third kappa shape index (κ3) is 6.70. The first-order chi connectivity index (χ1) is 13.5. The Morgan fingerprint density at radius 2 is 1.93 bits per heavy atom. The zero-order chi connectivity index (χ0) is 20.1. The van der Waals surface area contributed by atoms with E-state index in [-0.39, 0.29) is 29.9 Å². The fraction of sp³-hybridized carbons (Fsp3) is 0.364. The minimum Gasteiger partial charge on any atom is -0.356 e. The van der Waals surface area contributed by atoms with Crippen molar-refractivity contribution in [2.24, 2.45) is 4.99 Å². The smallest absolute Gasteiger partial charge is 0.253 e. The van der Waals surface area contributed by atoms with E-state index in [4.69, 9.17) is 0 Å². The van der Waals surface area contributed by atoms with Crippen LogP contribution in [0.1, 0.15) is 33.8 Å². The summed E-state index contributed by atoms with van der Waals surface area (Å²) in [6.07, 6.45) is 1.95. The van der Waals surface area contributed by atoms with Crippen LogP contribution in [0.15, 0.2) is 58.0 Å². The van der Waals surface area contributed by atoms with Gasteiger partial charge in [-0.1, -0.05) is 40.2 Å². The van der Waals surface area contributed by atoms with Crippen molar-refractivity contribution in [2.75, 3.05) is 27.7 Å². The second-order valence-electron chi connectivity index (χ2n) is 7.29. The number of carbonyl (C=O) groups is 1. The molecule has 0 heterocycles. The van der Waals surface area contributed by atoms with E-state index in [1.165, 1.54) is 5.56 Å². The maximum atomic E-state index is 12.1. The largest absolute Gasteiger partial charge is 0.356 e. The number of halogens is 2. The van der Waals surface area contributed by atoms with Crippen molar-refractivity contribution in [3.05, 3.63) is 69.7 Å². The van der Waals surface area contributed by atoms with E-state index in [2.05, 4.69) is 61.9 Å². The van der Waals surface area contributed by atoms with E-state index < -0.39 is 0 Å². The highest BCUT2D eigenvalue weighted by atomic mass is 127. The van der Waals surface area contributed by atoms with Gasteiger partial charge in [-0.25, -0.2) is 0 Å². The summed E-state index contributed by atoms with van der Waals surface area (Å²) in [5.74, 6) is 1.39. The van der Waals surface area contributed by atoms with E-state index in [0.717, 1.165) is 40.9 Å². The number of rotatable bonds is 6. The molecule has 2 N–H and O–H groups in total. The molecule has 0 aromatic heterocycles. The summed E-state index contributed by atoms with van der Waals surface area (Å²) in [7, 11) is 5.33. The number of amides is 1. The first-order valence-electron chi connectivity index (χ1n) is 9.51. The van der Waals surface area contributed by atoms with Crippen molar-refractivity contribution in [3.8, 4) is 0 Å². The number of nitrogens with one attached hydrogen (secondary N) is 2. The maximum absolute atomic E-state index is 12.1. The lowest BCUT2D eigenvalue weighted by molar-refractivity contribution is 0.0827. The van der Waals surface area contributed by atoms with Gasteiger partial charge < -0.3 is 15.5 Å². The standard InChI is InChI=1S/C22H27BrN4O.HI/c1-24-22(26-20-14-19(20)16-7-9-18(23)10-8-16)25-12-11-15-5-4-6-17(13-15)21(28)27(2)3;/h4-10,13,19-20H,11-12,14H2,1-3H3,(H2,24,25,26);1H. The average molecular weight is 571 g/mol. The first-order valence-corrected chi connectivity index (χ1v) is 10.3. The van der Waals surface area contributed by atoms with Crippen molar-refractivity contribution in [1.82, 2.24) is 15.5 Å². The van der Waals surface area contributed by atoms with Crippen LogP contribution in [0.4, 0.5) is 0 Å². The van der Waals surface area contributed by atoms with Crippen molar-refractivity contribution < 1.29 is 4.79 Å². The minimum atomic E-state index is 0. The predicted octanol–water partition coefficient (Wildman–Crippen LogP) is 4.03. The Balaban J connectivity index is 0.00000300. The monoisotopic (exact) mass is 570 g/mol. The molecule has 7 heteroatoms. The van der Waals surface area contributed by atoms with Gasteiger partial charge in [0, 0.05) is 49.7 Å². The Kier molecular flexibility index (Phi) is 8.95. The van der Waals surface area contributed by atoms with Crippen LogP contribution < -0.4 is 10.6 Å². The molecule has 1 aliphatic rings. The van der Waals surface area contributed by atoms with Crippen LogP contribution in [0.3, 0.4) is 0 Å². The summed E-state index contributed by atoms with van der Waals surface area (Å²) in [6.45, 7) is 0.759. The third-order valence-corrected chi connectivity index (χ3v) is 5.45. The zero-order valence-electron chi connectivity index (χ0n) is 17.0. The molecule has 2 atom stereocenters. The molecule has 0 saturated heterocycles. The second kappa shape index (κ2) is 11.0. The number of benzene rings is 2. The molecule has 2 aromatic carbocycles. The molecule has 1 amide bonds. The fourth-order valence-corrected chi connectivity index (χ4v) is 3.51. The molecule has 2 unspecified atom stereocenters. The summed E-state index contributed by atoms with van der Waals surface area (Å²) in [5, 5.41) is 6.88. The number of nitrogens with zero attached hydrogens (tertiary/aromatic N) is 2. The predicted molar refractivity (Wildman–Crippen MR) is 133 cm³/mol. The first kappa shape index (κ1) is 23.7. The fourth-order valence-electron chi connectivity index (χ4n) is 3.25. The van der Waals surface area contributed by atoms with Gasteiger partial charge in [0.05, 0.1) is 0 Å². The van der Waals surface area contributed by atoms with Crippen LogP contribution in [0, 0.1) is 0 Å². The van der Waals surface area contributed by atoms with Crippen LogP contribution in [-0.2, 0) is 6.42 Å². The molecule has 5 nitrogen and oxygen atoms in total. The van der Waals surface area contributed by atoms with E-state index in [9.17, 15) is 4.79 Å². The van der Waals surface area contributed by atoms with Crippen LogP contribution in [0.25, 0.3) is 0 Å². The Labute approximate surface area is 198 Å². The average Bonchev–Trinajstić information content (AvgIpc) is 3.46. The van der Waals surface area contributed by atoms with Crippen LogP contribution in [-0.4, -0.2) is 50.5 Å².